The SMILES string of the molecule is CSC(=NCc1ccccc1)SCc1c(C)cccc1-n1nnn(C)c1=O. The summed E-state index contributed by atoms with van der Waals surface area (Å²) in [4.78, 5) is 17.0. The highest BCUT2D eigenvalue weighted by Gasteiger charge is 2.14. The number of nitrogens with zero attached hydrogens (tertiary/aromatic N) is 5. The van der Waals surface area contributed by atoms with Crippen LogP contribution in [-0.2, 0) is 19.3 Å². The highest BCUT2D eigenvalue weighted by atomic mass is 32.2. The van der Waals surface area contributed by atoms with Crippen LogP contribution < -0.4 is 5.69 Å². The Labute approximate surface area is 166 Å². The minimum absolute atomic E-state index is 0.255. The van der Waals surface area contributed by atoms with Gasteiger partial charge in [-0.05, 0) is 46.4 Å². The van der Waals surface area contributed by atoms with E-state index in [1.54, 1.807) is 30.6 Å². The summed E-state index contributed by atoms with van der Waals surface area (Å²) in [6, 6.07) is 16.1. The van der Waals surface area contributed by atoms with Gasteiger partial charge < -0.3 is 0 Å². The topological polar surface area (TPSA) is 65.1 Å². The number of hydrogen-bond acceptors (Lipinski definition) is 6. The summed E-state index contributed by atoms with van der Waals surface area (Å²) in [6.07, 6.45) is 2.03. The van der Waals surface area contributed by atoms with Gasteiger partial charge in [-0.15, -0.1) is 11.8 Å². The first-order valence-corrected chi connectivity index (χ1v) is 10.6. The third-order valence-electron chi connectivity index (χ3n) is 4.08. The number of benzene rings is 2. The maximum absolute atomic E-state index is 12.3. The Bertz CT molecular complexity index is 995. The van der Waals surface area contributed by atoms with Crippen LogP contribution in [-0.4, -0.2) is 30.4 Å². The molecule has 1 aromatic heterocycles. The third kappa shape index (κ3) is 4.70. The van der Waals surface area contributed by atoms with Crippen LogP contribution in [0.5, 0.6) is 0 Å². The van der Waals surface area contributed by atoms with E-state index in [4.69, 9.17) is 4.99 Å². The molecule has 0 aliphatic rings. The van der Waals surface area contributed by atoms with E-state index in [2.05, 4.69) is 22.6 Å². The van der Waals surface area contributed by atoms with Crippen LogP contribution in [0.15, 0.2) is 58.3 Å². The molecule has 0 saturated carbocycles. The fourth-order valence-electron chi connectivity index (χ4n) is 2.58. The lowest BCUT2D eigenvalue weighted by Gasteiger charge is -2.11. The Hall–Kier alpha value is -2.32. The molecule has 0 atom stereocenters. The van der Waals surface area contributed by atoms with Gasteiger partial charge in [-0.3, -0.25) is 4.99 Å². The molecule has 27 heavy (non-hydrogen) atoms. The number of hydrogen-bond donors (Lipinski definition) is 0. The van der Waals surface area contributed by atoms with E-state index >= 15 is 0 Å². The molecule has 140 valence electrons. The molecule has 0 aliphatic heterocycles. The predicted octanol–water partition coefficient (Wildman–Crippen LogP) is 3.43. The Morgan fingerprint density at radius 2 is 1.89 bits per heavy atom. The molecule has 0 saturated heterocycles. The summed E-state index contributed by atoms with van der Waals surface area (Å²) >= 11 is 3.31. The van der Waals surface area contributed by atoms with Crippen LogP contribution >= 0.6 is 23.5 Å². The normalized spacial score (nSPS) is 11.7. The second-order valence-electron chi connectivity index (χ2n) is 5.93. The van der Waals surface area contributed by atoms with Gasteiger partial charge in [0.1, 0.15) is 4.38 Å². The van der Waals surface area contributed by atoms with E-state index in [0.29, 0.717) is 12.3 Å². The van der Waals surface area contributed by atoms with Gasteiger partial charge in [-0.2, -0.15) is 9.36 Å². The van der Waals surface area contributed by atoms with Gasteiger partial charge in [0.15, 0.2) is 0 Å². The van der Waals surface area contributed by atoms with E-state index in [9.17, 15) is 4.79 Å². The monoisotopic (exact) mass is 399 g/mol. The summed E-state index contributed by atoms with van der Waals surface area (Å²) in [6.45, 7) is 2.70. The average Bonchev–Trinajstić information content (AvgIpc) is 3.02. The molecule has 0 bridgehead atoms. The fraction of sp³-hybridized carbons (Fsp3) is 0.263. The molecule has 6 nitrogen and oxygen atoms in total. The minimum Gasteiger partial charge on any atom is -0.267 e. The number of rotatable bonds is 5. The van der Waals surface area contributed by atoms with Crippen LogP contribution in [0.1, 0.15) is 16.7 Å². The van der Waals surface area contributed by atoms with E-state index in [-0.39, 0.29) is 5.69 Å². The number of tetrazole rings is 1. The van der Waals surface area contributed by atoms with Gasteiger partial charge in [0.25, 0.3) is 0 Å². The molecule has 3 rings (SSSR count). The molecule has 0 spiro atoms. The number of aromatic nitrogens is 4. The molecule has 0 unspecified atom stereocenters. The van der Waals surface area contributed by atoms with Crippen molar-refractivity contribution in [1.29, 1.82) is 0 Å². The van der Waals surface area contributed by atoms with Crippen LogP contribution in [0.4, 0.5) is 0 Å². The largest absolute Gasteiger partial charge is 0.368 e. The maximum atomic E-state index is 12.3. The van der Waals surface area contributed by atoms with Crippen molar-refractivity contribution in [2.75, 3.05) is 6.26 Å². The molecule has 1 heterocycles. The van der Waals surface area contributed by atoms with Gasteiger partial charge >= 0.3 is 5.69 Å². The zero-order chi connectivity index (χ0) is 19.2. The summed E-state index contributed by atoms with van der Waals surface area (Å²) < 4.78 is 3.59. The predicted molar refractivity (Wildman–Crippen MR) is 114 cm³/mol. The Balaban J connectivity index is 1.81. The lowest BCUT2D eigenvalue weighted by atomic mass is 10.1. The summed E-state index contributed by atoms with van der Waals surface area (Å²) in [5.74, 6) is 0.708. The van der Waals surface area contributed by atoms with Crippen molar-refractivity contribution >= 4 is 27.9 Å². The van der Waals surface area contributed by atoms with Gasteiger partial charge in [-0.1, -0.05) is 54.2 Å². The standard InChI is InChI=1S/C19H21N5OS2/c1-14-8-7-11-17(24-19(25)23(2)21-22-24)16(14)13-27-18(26-3)20-12-15-9-5-4-6-10-15/h4-11H,12-13H2,1-3H3. The zero-order valence-corrected chi connectivity index (χ0v) is 17.1. The van der Waals surface area contributed by atoms with Crippen molar-refractivity contribution in [3.63, 3.8) is 0 Å². The van der Waals surface area contributed by atoms with Gasteiger partial charge in [0.2, 0.25) is 0 Å². The number of thioether (sulfide) groups is 2. The van der Waals surface area contributed by atoms with E-state index in [0.717, 1.165) is 21.2 Å². The van der Waals surface area contributed by atoms with Crippen LogP contribution in [0.3, 0.4) is 0 Å². The molecular formula is C19H21N5OS2. The van der Waals surface area contributed by atoms with Crippen molar-refractivity contribution < 1.29 is 0 Å². The highest BCUT2D eigenvalue weighted by molar-refractivity contribution is 8.38. The Kier molecular flexibility index (Phi) is 6.52. The van der Waals surface area contributed by atoms with Crippen molar-refractivity contribution in [1.82, 2.24) is 19.8 Å². The van der Waals surface area contributed by atoms with Gasteiger partial charge in [-0.25, -0.2) is 4.79 Å². The smallest absolute Gasteiger partial charge is 0.267 e. The third-order valence-corrected chi connectivity index (χ3v) is 6.22. The quantitative estimate of drug-likeness (QED) is 0.486. The first-order valence-electron chi connectivity index (χ1n) is 8.43. The molecule has 0 N–H and O–H groups in total. The van der Waals surface area contributed by atoms with E-state index in [1.807, 2.05) is 49.6 Å². The van der Waals surface area contributed by atoms with Crippen molar-refractivity contribution in [3.8, 4) is 5.69 Å². The van der Waals surface area contributed by atoms with Crippen LogP contribution in [0.25, 0.3) is 5.69 Å². The first-order chi connectivity index (χ1) is 13.1. The zero-order valence-electron chi connectivity index (χ0n) is 15.5. The average molecular weight is 400 g/mol. The summed E-state index contributed by atoms with van der Waals surface area (Å²) in [7, 11) is 1.60. The van der Waals surface area contributed by atoms with Crippen LogP contribution in [0.2, 0.25) is 0 Å². The lowest BCUT2D eigenvalue weighted by molar-refractivity contribution is 0.692. The molecule has 2 aromatic carbocycles. The lowest BCUT2D eigenvalue weighted by Crippen LogP contribution is -2.23. The second-order valence-corrected chi connectivity index (χ2v) is 7.95. The number of aryl methyl sites for hydroxylation is 2. The van der Waals surface area contributed by atoms with Gasteiger partial charge in [0, 0.05) is 12.8 Å². The Morgan fingerprint density at radius 3 is 2.56 bits per heavy atom. The highest BCUT2D eigenvalue weighted by Crippen LogP contribution is 2.26. The minimum atomic E-state index is -0.255. The van der Waals surface area contributed by atoms with E-state index < -0.39 is 0 Å². The first kappa shape index (κ1) is 19.4. The molecule has 0 fully saturated rings. The summed E-state index contributed by atoms with van der Waals surface area (Å²) in [5.41, 5.74) is 3.87. The fourth-order valence-corrected chi connectivity index (χ4v) is 4.22. The molecule has 3 aromatic rings. The molecular weight excluding hydrogens is 378 g/mol. The van der Waals surface area contributed by atoms with Crippen molar-refractivity contribution in [2.24, 2.45) is 12.0 Å². The second kappa shape index (κ2) is 9.05. The van der Waals surface area contributed by atoms with Crippen molar-refractivity contribution in [2.45, 2.75) is 19.2 Å². The molecule has 0 aliphatic carbocycles. The summed E-state index contributed by atoms with van der Waals surface area (Å²) in [5, 5.41) is 7.80. The van der Waals surface area contributed by atoms with Gasteiger partial charge in [0.05, 0.1) is 12.2 Å². The maximum Gasteiger partial charge on any atom is 0.368 e. The molecule has 0 amide bonds. The van der Waals surface area contributed by atoms with Crippen LogP contribution in [0, 0.1) is 6.92 Å². The number of aliphatic imine (C=N–C) groups is 1. The van der Waals surface area contributed by atoms with E-state index in [1.165, 1.54) is 14.9 Å². The molecule has 0 radical (unpaired) electrons. The van der Waals surface area contributed by atoms with Crippen molar-refractivity contribution in [3.05, 3.63) is 75.7 Å². The molecule has 8 heteroatoms. The Morgan fingerprint density at radius 1 is 1.11 bits per heavy atom.